The van der Waals surface area contributed by atoms with Crippen LogP contribution in [0.1, 0.15) is 10.4 Å². The molecule has 0 spiro atoms. The Bertz CT molecular complexity index is 829. The van der Waals surface area contributed by atoms with Crippen molar-refractivity contribution in [2.24, 2.45) is 0 Å². The fourth-order valence-corrected chi connectivity index (χ4v) is 1.97. The summed E-state index contributed by atoms with van der Waals surface area (Å²) in [5.41, 5.74) is -0.0999. The molecule has 0 radical (unpaired) electrons. The molecule has 2 aromatic heterocycles. The van der Waals surface area contributed by atoms with Crippen LogP contribution in [-0.4, -0.2) is 30.8 Å². The molecule has 0 amide bonds. The molecule has 6 nitrogen and oxygen atoms in total. The summed E-state index contributed by atoms with van der Waals surface area (Å²) in [7, 11) is 0. The second-order valence-electron chi connectivity index (χ2n) is 4.08. The van der Waals surface area contributed by atoms with Crippen molar-refractivity contribution < 1.29 is 19.4 Å². The Kier molecular flexibility index (Phi) is 2.60. The number of aromatic carboxylic acids is 1. The Morgan fingerprint density at radius 3 is 2.85 bits per heavy atom. The van der Waals surface area contributed by atoms with Crippen molar-refractivity contribution in [3.8, 4) is 17.0 Å². The molecular weight excluding hydrogens is 265 g/mol. The van der Waals surface area contributed by atoms with Crippen molar-refractivity contribution in [2.45, 2.75) is 0 Å². The zero-order chi connectivity index (χ0) is 14.3. The molecule has 0 atom stereocenters. The molecule has 100 valence electrons. The van der Waals surface area contributed by atoms with Gasteiger partial charge in [0.2, 0.25) is 0 Å². The molecule has 1 aromatic carbocycles. The maximum Gasteiger partial charge on any atom is 0.341 e. The van der Waals surface area contributed by atoms with Crippen molar-refractivity contribution >= 4 is 11.6 Å². The van der Waals surface area contributed by atoms with Crippen LogP contribution in [0.3, 0.4) is 0 Å². The molecule has 3 rings (SSSR count). The van der Waals surface area contributed by atoms with Crippen molar-refractivity contribution in [2.75, 3.05) is 0 Å². The number of fused-ring (bicyclic) bond motifs is 1. The molecule has 20 heavy (non-hydrogen) atoms. The first-order valence-electron chi connectivity index (χ1n) is 5.63. The lowest BCUT2D eigenvalue weighted by Crippen LogP contribution is -1.99. The number of benzene rings is 1. The fraction of sp³-hybridized carbons (Fsp3) is 0. The van der Waals surface area contributed by atoms with Crippen molar-refractivity contribution in [1.29, 1.82) is 0 Å². The largest absolute Gasteiger partial charge is 0.508 e. The van der Waals surface area contributed by atoms with Gasteiger partial charge in [-0.1, -0.05) is 0 Å². The molecule has 7 heteroatoms. The van der Waals surface area contributed by atoms with Crippen LogP contribution in [0.15, 0.2) is 36.7 Å². The van der Waals surface area contributed by atoms with Gasteiger partial charge in [-0.15, -0.1) is 0 Å². The molecule has 3 aromatic rings. The Morgan fingerprint density at radius 1 is 1.35 bits per heavy atom. The molecule has 2 heterocycles. The Morgan fingerprint density at radius 2 is 2.15 bits per heavy atom. The van der Waals surface area contributed by atoms with Crippen LogP contribution < -0.4 is 0 Å². The second kappa shape index (κ2) is 4.30. The molecule has 0 aliphatic carbocycles. The highest BCUT2D eigenvalue weighted by atomic mass is 19.1. The lowest BCUT2D eigenvalue weighted by Gasteiger charge is -2.01. The average Bonchev–Trinajstić information content (AvgIpc) is 2.77. The SMILES string of the molecule is O=C(O)c1c(-c2ccc(O)cc2F)nn2cccnc12. The van der Waals surface area contributed by atoms with Gasteiger partial charge >= 0.3 is 5.97 Å². The van der Waals surface area contributed by atoms with Crippen LogP contribution in [0.4, 0.5) is 4.39 Å². The summed E-state index contributed by atoms with van der Waals surface area (Å²) in [4.78, 5) is 15.3. The minimum Gasteiger partial charge on any atom is -0.508 e. The maximum absolute atomic E-state index is 13.9. The number of aromatic nitrogens is 3. The van der Waals surface area contributed by atoms with E-state index in [0.717, 1.165) is 6.07 Å². The number of hydrogen-bond donors (Lipinski definition) is 2. The minimum absolute atomic E-state index is 0.00861. The summed E-state index contributed by atoms with van der Waals surface area (Å²) < 4.78 is 15.2. The topological polar surface area (TPSA) is 87.7 Å². The predicted molar refractivity (Wildman–Crippen MR) is 67.0 cm³/mol. The molecule has 0 aliphatic heterocycles. The van der Waals surface area contributed by atoms with E-state index in [1.807, 2.05) is 0 Å². The predicted octanol–water partition coefficient (Wildman–Crippen LogP) is 1.94. The Hall–Kier alpha value is -2.96. The molecule has 0 unspecified atom stereocenters. The van der Waals surface area contributed by atoms with Gasteiger partial charge in [0, 0.05) is 24.0 Å². The average molecular weight is 273 g/mol. The number of rotatable bonds is 2. The van der Waals surface area contributed by atoms with Gasteiger partial charge in [-0.2, -0.15) is 5.10 Å². The van der Waals surface area contributed by atoms with Gasteiger partial charge < -0.3 is 10.2 Å². The highest BCUT2D eigenvalue weighted by molar-refractivity contribution is 6.01. The third-order valence-electron chi connectivity index (χ3n) is 2.82. The van der Waals surface area contributed by atoms with Crippen LogP contribution >= 0.6 is 0 Å². The molecular formula is C13H8FN3O3. The van der Waals surface area contributed by atoms with Crippen LogP contribution in [0, 0.1) is 5.82 Å². The standard InChI is InChI=1S/C13H8FN3O3/c14-9-6-7(18)2-3-8(9)11-10(13(19)20)12-15-4-1-5-17(12)16-11/h1-6,18H,(H,19,20). The molecule has 0 fully saturated rings. The molecule has 0 aliphatic rings. The van der Waals surface area contributed by atoms with Crippen LogP contribution in [0.5, 0.6) is 5.75 Å². The van der Waals surface area contributed by atoms with E-state index >= 15 is 0 Å². The maximum atomic E-state index is 13.9. The Balaban J connectivity index is 2.35. The monoisotopic (exact) mass is 273 g/mol. The lowest BCUT2D eigenvalue weighted by molar-refractivity contribution is 0.0699. The first-order valence-corrected chi connectivity index (χ1v) is 5.63. The zero-order valence-electron chi connectivity index (χ0n) is 9.99. The summed E-state index contributed by atoms with van der Waals surface area (Å²) in [6.07, 6.45) is 2.96. The van der Waals surface area contributed by atoms with E-state index in [1.54, 1.807) is 6.07 Å². The number of carbonyl (C=O) groups is 1. The van der Waals surface area contributed by atoms with Crippen molar-refractivity contribution in [3.63, 3.8) is 0 Å². The number of phenolic OH excluding ortho intramolecular Hbond substituents is 1. The summed E-state index contributed by atoms with van der Waals surface area (Å²) in [5.74, 6) is -2.25. The van der Waals surface area contributed by atoms with Crippen LogP contribution in [0.2, 0.25) is 0 Å². The zero-order valence-corrected chi connectivity index (χ0v) is 9.99. The van der Waals surface area contributed by atoms with E-state index in [1.165, 1.54) is 29.0 Å². The molecule has 0 saturated heterocycles. The van der Waals surface area contributed by atoms with Gasteiger partial charge in [0.05, 0.1) is 0 Å². The van der Waals surface area contributed by atoms with E-state index in [0.29, 0.717) is 0 Å². The summed E-state index contributed by atoms with van der Waals surface area (Å²) in [6.45, 7) is 0. The van der Waals surface area contributed by atoms with E-state index in [2.05, 4.69) is 10.1 Å². The fourth-order valence-electron chi connectivity index (χ4n) is 1.97. The van der Waals surface area contributed by atoms with Gasteiger partial charge in [-0.25, -0.2) is 18.7 Å². The Labute approximate surface area is 111 Å². The first-order chi connectivity index (χ1) is 9.58. The number of carboxylic acid groups (broad SMARTS) is 1. The summed E-state index contributed by atoms with van der Waals surface area (Å²) >= 11 is 0. The third kappa shape index (κ3) is 1.76. The van der Waals surface area contributed by atoms with Gasteiger partial charge in [-0.05, 0) is 18.2 Å². The van der Waals surface area contributed by atoms with Gasteiger partial charge in [0.25, 0.3) is 0 Å². The molecule has 0 saturated carbocycles. The third-order valence-corrected chi connectivity index (χ3v) is 2.82. The molecule has 2 N–H and O–H groups in total. The van der Waals surface area contributed by atoms with E-state index in [-0.39, 0.29) is 28.2 Å². The normalized spacial score (nSPS) is 10.8. The van der Waals surface area contributed by atoms with Crippen LogP contribution in [-0.2, 0) is 0 Å². The van der Waals surface area contributed by atoms with Gasteiger partial charge in [0.1, 0.15) is 22.8 Å². The highest BCUT2D eigenvalue weighted by Gasteiger charge is 2.23. The summed E-state index contributed by atoms with van der Waals surface area (Å²) in [5, 5.41) is 22.5. The van der Waals surface area contributed by atoms with E-state index in [9.17, 15) is 19.4 Å². The number of nitrogens with zero attached hydrogens (tertiary/aromatic N) is 3. The van der Waals surface area contributed by atoms with Crippen molar-refractivity contribution in [3.05, 3.63) is 48.0 Å². The number of halogens is 1. The quantitative estimate of drug-likeness (QED) is 0.745. The number of aromatic hydroxyl groups is 1. The summed E-state index contributed by atoms with van der Waals surface area (Å²) in [6, 6.07) is 5.03. The van der Waals surface area contributed by atoms with E-state index in [4.69, 9.17) is 0 Å². The highest BCUT2D eigenvalue weighted by Crippen LogP contribution is 2.29. The number of carboxylic acids is 1. The van der Waals surface area contributed by atoms with Crippen molar-refractivity contribution in [1.82, 2.24) is 14.6 Å². The van der Waals surface area contributed by atoms with Gasteiger partial charge in [0.15, 0.2) is 5.65 Å². The number of phenols is 1. The first kappa shape index (κ1) is 12.1. The van der Waals surface area contributed by atoms with Crippen LogP contribution in [0.25, 0.3) is 16.9 Å². The number of hydrogen-bond acceptors (Lipinski definition) is 4. The second-order valence-corrected chi connectivity index (χ2v) is 4.08. The lowest BCUT2D eigenvalue weighted by atomic mass is 10.1. The molecule has 0 bridgehead atoms. The minimum atomic E-state index is -1.25. The van der Waals surface area contributed by atoms with E-state index < -0.39 is 11.8 Å². The smallest absolute Gasteiger partial charge is 0.341 e. The van der Waals surface area contributed by atoms with Gasteiger partial charge in [-0.3, -0.25) is 0 Å².